The lowest BCUT2D eigenvalue weighted by molar-refractivity contribution is -0.127. The molecule has 0 saturated carbocycles. The fourth-order valence-electron chi connectivity index (χ4n) is 1.45. The molecule has 0 bridgehead atoms. The van der Waals surface area contributed by atoms with Crippen molar-refractivity contribution >= 4 is 5.78 Å². The average molecular weight is 187 g/mol. The van der Waals surface area contributed by atoms with Crippen LogP contribution < -0.4 is 5.32 Å². The highest BCUT2D eigenvalue weighted by Crippen LogP contribution is 2.30. The van der Waals surface area contributed by atoms with Gasteiger partial charge in [-0.1, -0.05) is 0 Å². The van der Waals surface area contributed by atoms with Gasteiger partial charge in [0.05, 0.1) is 0 Å². The lowest BCUT2D eigenvalue weighted by Crippen LogP contribution is -2.33. The third-order valence-corrected chi connectivity index (χ3v) is 2.20. The van der Waals surface area contributed by atoms with Gasteiger partial charge in [-0.2, -0.15) is 0 Å². The first kappa shape index (κ1) is 12.3. The number of halogens is 1. The molecule has 0 aliphatic carbocycles. The third-order valence-electron chi connectivity index (χ3n) is 2.20. The monoisotopic (exact) mass is 187 g/mol. The van der Waals surface area contributed by atoms with Crippen molar-refractivity contribution in [2.24, 2.45) is 0 Å². The van der Waals surface area contributed by atoms with E-state index in [4.69, 9.17) is 0 Å². The zero-order valence-corrected chi connectivity index (χ0v) is 8.61. The number of rotatable bonds is 1. The van der Waals surface area contributed by atoms with Crippen molar-refractivity contribution in [3.8, 4) is 0 Å². The topological polar surface area (TPSA) is 29.1 Å². The van der Waals surface area contributed by atoms with Crippen molar-refractivity contribution in [2.75, 3.05) is 6.54 Å². The van der Waals surface area contributed by atoms with Crippen LogP contribution in [0.2, 0.25) is 0 Å². The van der Waals surface area contributed by atoms with Crippen molar-refractivity contribution in [1.82, 2.24) is 5.32 Å². The van der Waals surface area contributed by atoms with E-state index < -0.39 is 5.67 Å². The smallest absolute Gasteiger partial charge is 0.182 e. The number of nitrogens with one attached hydrogen (secondary N) is 1. The molecule has 3 heteroatoms. The van der Waals surface area contributed by atoms with Crippen molar-refractivity contribution in [1.29, 1.82) is 0 Å². The first-order valence-corrected chi connectivity index (χ1v) is 4.31. The van der Waals surface area contributed by atoms with Crippen LogP contribution in [0, 0.1) is 0 Å². The van der Waals surface area contributed by atoms with Gasteiger partial charge in [0.1, 0.15) is 0 Å². The van der Waals surface area contributed by atoms with E-state index in [1.165, 1.54) is 6.92 Å². The van der Waals surface area contributed by atoms with Gasteiger partial charge in [-0.25, -0.2) is 4.39 Å². The van der Waals surface area contributed by atoms with Crippen molar-refractivity contribution in [3.05, 3.63) is 13.2 Å². The zero-order chi connectivity index (χ0) is 10.7. The van der Waals surface area contributed by atoms with Crippen LogP contribution in [0.4, 0.5) is 4.39 Å². The van der Waals surface area contributed by atoms with Crippen LogP contribution in [0.1, 0.15) is 27.2 Å². The summed E-state index contributed by atoms with van der Waals surface area (Å²) in [5.41, 5.74) is -1.86. The van der Waals surface area contributed by atoms with E-state index in [0.29, 0.717) is 0 Å². The molecule has 1 heterocycles. The van der Waals surface area contributed by atoms with Crippen LogP contribution in [-0.4, -0.2) is 23.5 Å². The highest BCUT2D eigenvalue weighted by Gasteiger charge is 2.46. The van der Waals surface area contributed by atoms with Crippen LogP contribution in [0.3, 0.4) is 0 Å². The van der Waals surface area contributed by atoms with E-state index in [2.05, 4.69) is 18.5 Å². The molecule has 1 aliphatic rings. The number of alkyl halides is 1. The molecule has 76 valence electrons. The molecule has 0 aromatic rings. The SMILES string of the molecule is C=C.CC(=O)[C@@]1(F)CNC(C)(C)C1. The predicted molar refractivity (Wildman–Crippen MR) is 52.5 cm³/mol. The molecule has 1 atom stereocenters. The van der Waals surface area contributed by atoms with Crippen LogP contribution in [0.25, 0.3) is 0 Å². The van der Waals surface area contributed by atoms with E-state index in [-0.39, 0.29) is 24.3 Å². The number of Topliss-reactive ketones (excluding diaryl/α,β-unsaturated/α-hetero) is 1. The Morgan fingerprint density at radius 3 is 2.08 bits per heavy atom. The van der Waals surface area contributed by atoms with Crippen LogP contribution in [0.15, 0.2) is 13.2 Å². The summed E-state index contributed by atoms with van der Waals surface area (Å²) in [6.07, 6.45) is 0.287. The summed E-state index contributed by atoms with van der Waals surface area (Å²) >= 11 is 0. The molecule has 1 rings (SSSR count). The maximum Gasteiger partial charge on any atom is 0.182 e. The van der Waals surface area contributed by atoms with Gasteiger partial charge in [-0.3, -0.25) is 4.79 Å². The number of carbonyl (C=O) groups is 1. The van der Waals surface area contributed by atoms with Gasteiger partial charge >= 0.3 is 0 Å². The van der Waals surface area contributed by atoms with Crippen molar-refractivity contribution in [2.45, 2.75) is 38.4 Å². The first-order valence-electron chi connectivity index (χ1n) is 4.31. The second-order valence-corrected chi connectivity index (χ2v) is 3.94. The molecule has 0 unspecified atom stereocenters. The highest BCUT2D eigenvalue weighted by molar-refractivity contribution is 5.85. The van der Waals surface area contributed by atoms with Gasteiger partial charge in [0.15, 0.2) is 11.5 Å². The van der Waals surface area contributed by atoms with E-state index in [9.17, 15) is 9.18 Å². The van der Waals surface area contributed by atoms with Gasteiger partial charge in [0, 0.05) is 18.5 Å². The predicted octanol–water partition coefficient (Wildman–Crippen LogP) is 1.86. The van der Waals surface area contributed by atoms with Crippen LogP contribution >= 0.6 is 0 Å². The number of hydrogen-bond donors (Lipinski definition) is 1. The van der Waals surface area contributed by atoms with Gasteiger partial charge in [0.2, 0.25) is 0 Å². The fraction of sp³-hybridized carbons (Fsp3) is 0.700. The fourth-order valence-corrected chi connectivity index (χ4v) is 1.45. The Morgan fingerprint density at radius 2 is 1.92 bits per heavy atom. The zero-order valence-electron chi connectivity index (χ0n) is 8.61. The Bertz CT molecular complexity index is 203. The molecule has 1 saturated heterocycles. The summed E-state index contributed by atoms with van der Waals surface area (Å²) in [5, 5.41) is 2.97. The van der Waals surface area contributed by atoms with Crippen molar-refractivity contribution < 1.29 is 9.18 Å². The second kappa shape index (κ2) is 4.01. The molecule has 0 amide bonds. The molecular formula is C10H18FNO. The maximum absolute atomic E-state index is 13.5. The lowest BCUT2D eigenvalue weighted by atomic mass is 9.92. The minimum Gasteiger partial charge on any atom is -0.308 e. The van der Waals surface area contributed by atoms with Gasteiger partial charge < -0.3 is 5.32 Å². The van der Waals surface area contributed by atoms with Gasteiger partial charge in [0.25, 0.3) is 0 Å². The average Bonchev–Trinajstić information content (AvgIpc) is 2.31. The Labute approximate surface area is 79.2 Å². The minimum atomic E-state index is -1.62. The molecular weight excluding hydrogens is 169 g/mol. The van der Waals surface area contributed by atoms with Crippen LogP contribution in [0.5, 0.6) is 0 Å². The number of carbonyl (C=O) groups excluding carboxylic acids is 1. The van der Waals surface area contributed by atoms with E-state index in [1.54, 1.807) is 0 Å². The van der Waals surface area contributed by atoms with E-state index in [1.807, 2.05) is 13.8 Å². The quantitative estimate of drug-likeness (QED) is 0.635. The summed E-state index contributed by atoms with van der Waals surface area (Å²) in [5.74, 6) is -0.365. The number of ketones is 1. The van der Waals surface area contributed by atoms with Crippen molar-refractivity contribution in [3.63, 3.8) is 0 Å². The van der Waals surface area contributed by atoms with Gasteiger partial charge in [-0.05, 0) is 20.8 Å². The maximum atomic E-state index is 13.5. The summed E-state index contributed by atoms with van der Waals surface area (Å²) in [7, 11) is 0. The standard InChI is InChI=1S/C8H14FNO.C2H4/c1-6(11)8(9)4-7(2,3)10-5-8;1-2/h10H,4-5H2,1-3H3;1-2H2/t8-;/m0./s1. The van der Waals surface area contributed by atoms with E-state index in [0.717, 1.165) is 0 Å². The highest BCUT2D eigenvalue weighted by atomic mass is 19.1. The molecule has 0 aromatic carbocycles. The summed E-state index contributed by atoms with van der Waals surface area (Å²) < 4.78 is 13.5. The Balaban J connectivity index is 0.000000671. The van der Waals surface area contributed by atoms with E-state index >= 15 is 0 Å². The molecule has 0 spiro atoms. The minimum absolute atomic E-state index is 0.162. The largest absolute Gasteiger partial charge is 0.308 e. The summed E-state index contributed by atoms with van der Waals surface area (Å²) in [4.78, 5) is 10.8. The molecule has 0 radical (unpaired) electrons. The molecule has 1 aliphatic heterocycles. The van der Waals surface area contributed by atoms with Gasteiger partial charge in [-0.15, -0.1) is 13.2 Å². The second-order valence-electron chi connectivity index (χ2n) is 3.94. The first-order chi connectivity index (χ1) is 5.86. The molecule has 1 N–H and O–H groups in total. The summed E-state index contributed by atoms with van der Waals surface area (Å²) in [6, 6.07) is 0. The Kier molecular flexibility index (Phi) is 3.79. The molecule has 2 nitrogen and oxygen atoms in total. The normalized spacial score (nSPS) is 30.5. The Hall–Kier alpha value is -0.700. The molecule has 13 heavy (non-hydrogen) atoms. The third kappa shape index (κ3) is 2.92. The lowest BCUT2D eigenvalue weighted by Gasteiger charge is -2.18. The van der Waals surface area contributed by atoms with Crippen LogP contribution in [-0.2, 0) is 4.79 Å². The molecule has 1 fully saturated rings. The number of hydrogen-bond acceptors (Lipinski definition) is 2. The summed E-state index contributed by atoms with van der Waals surface area (Å²) in [6.45, 7) is 11.3. The Morgan fingerprint density at radius 1 is 1.46 bits per heavy atom. The molecule has 0 aromatic heterocycles.